The molecule has 0 bridgehead atoms. The first-order valence-electron chi connectivity index (χ1n) is 7.22. The fourth-order valence-corrected chi connectivity index (χ4v) is 3.66. The summed E-state index contributed by atoms with van der Waals surface area (Å²) in [5, 5.41) is 3.61. The molecule has 0 aromatic carbocycles. The Labute approximate surface area is 101 Å². The van der Waals surface area contributed by atoms with E-state index in [1.165, 1.54) is 64.7 Å². The van der Waals surface area contributed by atoms with Gasteiger partial charge in [-0.1, -0.05) is 33.1 Å². The van der Waals surface area contributed by atoms with E-state index in [2.05, 4.69) is 24.1 Å². The maximum atomic E-state index is 3.61. The van der Waals surface area contributed by atoms with Crippen LogP contribution < -0.4 is 5.32 Å². The molecule has 2 nitrogen and oxygen atoms in total. The molecular formula is C14H28N2. The van der Waals surface area contributed by atoms with Crippen LogP contribution in [0.1, 0.15) is 52.4 Å². The molecular weight excluding hydrogens is 196 g/mol. The van der Waals surface area contributed by atoms with E-state index in [1.54, 1.807) is 0 Å². The van der Waals surface area contributed by atoms with Gasteiger partial charge in [-0.15, -0.1) is 0 Å². The molecule has 1 spiro atoms. The summed E-state index contributed by atoms with van der Waals surface area (Å²) in [7, 11) is 0. The van der Waals surface area contributed by atoms with Crippen molar-refractivity contribution >= 4 is 0 Å². The topological polar surface area (TPSA) is 15.3 Å². The predicted molar refractivity (Wildman–Crippen MR) is 69.7 cm³/mol. The van der Waals surface area contributed by atoms with E-state index in [1.807, 2.05) is 0 Å². The maximum absolute atomic E-state index is 3.61. The Hall–Kier alpha value is -0.0800. The second-order valence-electron chi connectivity index (χ2n) is 5.95. The van der Waals surface area contributed by atoms with Gasteiger partial charge in [0.25, 0.3) is 0 Å². The molecule has 1 saturated carbocycles. The van der Waals surface area contributed by atoms with Crippen LogP contribution in [0.25, 0.3) is 0 Å². The Balaban J connectivity index is 1.94. The van der Waals surface area contributed by atoms with E-state index < -0.39 is 0 Å². The van der Waals surface area contributed by atoms with Gasteiger partial charge in [0.2, 0.25) is 0 Å². The van der Waals surface area contributed by atoms with E-state index in [9.17, 15) is 0 Å². The van der Waals surface area contributed by atoms with Crippen LogP contribution in [0, 0.1) is 5.92 Å². The lowest BCUT2D eigenvalue weighted by Gasteiger charge is -2.46. The van der Waals surface area contributed by atoms with E-state index in [4.69, 9.17) is 0 Å². The second kappa shape index (κ2) is 5.50. The summed E-state index contributed by atoms with van der Waals surface area (Å²) in [6.45, 7) is 9.77. The van der Waals surface area contributed by atoms with Crippen LogP contribution in [0.2, 0.25) is 0 Å². The van der Waals surface area contributed by atoms with Gasteiger partial charge in [-0.3, -0.25) is 4.90 Å². The van der Waals surface area contributed by atoms with Gasteiger partial charge in [0.1, 0.15) is 0 Å². The van der Waals surface area contributed by atoms with Crippen molar-refractivity contribution in [2.75, 3.05) is 26.2 Å². The third-order valence-electron chi connectivity index (χ3n) is 4.53. The molecule has 1 unspecified atom stereocenters. The molecule has 2 heteroatoms. The highest BCUT2D eigenvalue weighted by Gasteiger charge is 2.41. The Morgan fingerprint density at radius 2 is 2.06 bits per heavy atom. The minimum absolute atomic E-state index is 0.542. The molecule has 0 aromatic rings. The average molecular weight is 224 g/mol. The van der Waals surface area contributed by atoms with Crippen LogP contribution in [0.5, 0.6) is 0 Å². The van der Waals surface area contributed by atoms with Crippen molar-refractivity contribution < 1.29 is 0 Å². The molecule has 1 aliphatic carbocycles. The van der Waals surface area contributed by atoms with Crippen LogP contribution in [0.3, 0.4) is 0 Å². The smallest absolute Gasteiger partial charge is 0.0334 e. The van der Waals surface area contributed by atoms with Gasteiger partial charge >= 0.3 is 0 Å². The van der Waals surface area contributed by atoms with Crippen molar-refractivity contribution in [1.82, 2.24) is 10.2 Å². The van der Waals surface area contributed by atoms with Crippen molar-refractivity contribution in [3.05, 3.63) is 0 Å². The highest BCUT2D eigenvalue weighted by atomic mass is 15.3. The molecule has 2 rings (SSSR count). The molecule has 0 aromatic heterocycles. The molecule has 2 aliphatic rings. The zero-order valence-corrected chi connectivity index (χ0v) is 11.1. The fourth-order valence-electron chi connectivity index (χ4n) is 3.66. The molecule has 1 N–H and O–H groups in total. The summed E-state index contributed by atoms with van der Waals surface area (Å²) in [6.07, 6.45) is 8.47. The van der Waals surface area contributed by atoms with Gasteiger partial charge in [0.05, 0.1) is 0 Å². The Bertz CT molecular complexity index is 209. The van der Waals surface area contributed by atoms with Gasteiger partial charge in [-0.2, -0.15) is 0 Å². The van der Waals surface area contributed by atoms with Crippen LogP contribution in [-0.4, -0.2) is 36.6 Å². The van der Waals surface area contributed by atoms with Gasteiger partial charge in [0, 0.05) is 31.7 Å². The third kappa shape index (κ3) is 2.60. The van der Waals surface area contributed by atoms with Gasteiger partial charge in [-0.25, -0.2) is 0 Å². The normalized spacial score (nSPS) is 27.4. The Morgan fingerprint density at radius 3 is 2.75 bits per heavy atom. The quantitative estimate of drug-likeness (QED) is 0.790. The maximum Gasteiger partial charge on any atom is 0.0334 e. The lowest BCUT2D eigenvalue weighted by Crippen LogP contribution is -2.60. The lowest BCUT2D eigenvalue weighted by molar-refractivity contribution is 0.0503. The highest BCUT2D eigenvalue weighted by Crippen LogP contribution is 2.36. The van der Waals surface area contributed by atoms with Gasteiger partial charge < -0.3 is 5.32 Å². The third-order valence-corrected chi connectivity index (χ3v) is 4.53. The average Bonchev–Trinajstić information content (AvgIpc) is 2.72. The van der Waals surface area contributed by atoms with Gasteiger partial charge in [-0.05, 0) is 25.2 Å². The number of rotatable bonds is 4. The zero-order chi connectivity index (χ0) is 11.4. The molecule has 1 saturated heterocycles. The number of hydrogen-bond donors (Lipinski definition) is 1. The van der Waals surface area contributed by atoms with Gasteiger partial charge in [0.15, 0.2) is 0 Å². The zero-order valence-electron chi connectivity index (χ0n) is 11.1. The molecule has 0 radical (unpaired) electrons. The van der Waals surface area contributed by atoms with Crippen molar-refractivity contribution in [2.24, 2.45) is 5.92 Å². The summed E-state index contributed by atoms with van der Waals surface area (Å²) in [5.74, 6) is 0.876. The van der Waals surface area contributed by atoms with E-state index in [-0.39, 0.29) is 0 Å². The Morgan fingerprint density at radius 1 is 1.31 bits per heavy atom. The van der Waals surface area contributed by atoms with Crippen molar-refractivity contribution in [3.8, 4) is 0 Å². The standard InChI is InChI=1S/C14H28N2/c1-3-6-13(2)11-16-10-9-15-12-14(16)7-4-5-8-14/h13,15H,3-12H2,1-2H3. The summed E-state index contributed by atoms with van der Waals surface area (Å²) in [4.78, 5) is 2.82. The van der Waals surface area contributed by atoms with Crippen LogP contribution in [-0.2, 0) is 0 Å². The molecule has 2 fully saturated rings. The molecule has 1 atom stereocenters. The Kier molecular flexibility index (Phi) is 4.26. The van der Waals surface area contributed by atoms with Crippen LogP contribution in [0.4, 0.5) is 0 Å². The monoisotopic (exact) mass is 224 g/mol. The molecule has 1 heterocycles. The number of piperazine rings is 1. The summed E-state index contributed by atoms with van der Waals surface area (Å²) in [6, 6.07) is 0. The fraction of sp³-hybridized carbons (Fsp3) is 1.00. The van der Waals surface area contributed by atoms with Crippen molar-refractivity contribution in [2.45, 2.75) is 57.9 Å². The van der Waals surface area contributed by atoms with Crippen molar-refractivity contribution in [1.29, 1.82) is 0 Å². The van der Waals surface area contributed by atoms with E-state index in [0.29, 0.717) is 5.54 Å². The molecule has 94 valence electrons. The SMILES string of the molecule is CCCC(C)CN1CCNCC12CCCC2. The molecule has 1 aliphatic heterocycles. The predicted octanol–water partition coefficient (Wildman–Crippen LogP) is 2.64. The molecule has 0 amide bonds. The summed E-state index contributed by atoms with van der Waals surface area (Å²) < 4.78 is 0. The first kappa shape index (κ1) is 12.4. The van der Waals surface area contributed by atoms with Crippen LogP contribution >= 0.6 is 0 Å². The summed E-state index contributed by atoms with van der Waals surface area (Å²) >= 11 is 0. The highest BCUT2D eigenvalue weighted by molar-refractivity contribution is 4.99. The minimum Gasteiger partial charge on any atom is -0.314 e. The minimum atomic E-state index is 0.542. The van der Waals surface area contributed by atoms with E-state index in [0.717, 1.165) is 5.92 Å². The summed E-state index contributed by atoms with van der Waals surface area (Å²) in [5.41, 5.74) is 0.542. The van der Waals surface area contributed by atoms with Crippen molar-refractivity contribution in [3.63, 3.8) is 0 Å². The van der Waals surface area contributed by atoms with E-state index >= 15 is 0 Å². The number of nitrogens with zero attached hydrogens (tertiary/aromatic N) is 1. The largest absolute Gasteiger partial charge is 0.314 e. The first-order chi connectivity index (χ1) is 7.77. The lowest BCUT2D eigenvalue weighted by atomic mass is 9.91. The first-order valence-corrected chi connectivity index (χ1v) is 7.22. The van der Waals surface area contributed by atoms with Crippen LogP contribution in [0.15, 0.2) is 0 Å². The second-order valence-corrected chi connectivity index (χ2v) is 5.95. The number of nitrogens with one attached hydrogen (secondary N) is 1. The number of hydrogen-bond acceptors (Lipinski definition) is 2. The molecule has 16 heavy (non-hydrogen) atoms.